The van der Waals surface area contributed by atoms with Crippen molar-refractivity contribution < 1.29 is 14.6 Å². The molecule has 0 amide bonds. The fourth-order valence-electron chi connectivity index (χ4n) is 1.87. The van der Waals surface area contributed by atoms with Crippen LogP contribution in [-0.4, -0.2) is 33.2 Å². The number of ether oxygens (including phenoxy) is 1. The summed E-state index contributed by atoms with van der Waals surface area (Å²) in [4.78, 5) is 15.4. The van der Waals surface area contributed by atoms with Crippen LogP contribution in [-0.2, 0) is 6.54 Å². The van der Waals surface area contributed by atoms with Gasteiger partial charge in [0.2, 0.25) is 0 Å². The van der Waals surface area contributed by atoms with Gasteiger partial charge in [0.05, 0.1) is 6.54 Å². The maximum absolute atomic E-state index is 11.3. The Kier molecular flexibility index (Phi) is 4.53. The molecule has 2 aromatic rings. The van der Waals surface area contributed by atoms with E-state index in [0.29, 0.717) is 17.9 Å². The molecule has 0 fully saturated rings. The van der Waals surface area contributed by atoms with Gasteiger partial charge in [-0.05, 0) is 26.0 Å². The van der Waals surface area contributed by atoms with Crippen LogP contribution in [0.1, 0.15) is 23.1 Å². The quantitative estimate of drug-likeness (QED) is 0.816. The molecule has 0 saturated carbocycles. The highest BCUT2D eigenvalue weighted by atomic mass is 16.5. The van der Waals surface area contributed by atoms with Crippen LogP contribution in [0, 0.1) is 6.92 Å². The molecule has 0 spiro atoms. The summed E-state index contributed by atoms with van der Waals surface area (Å²) in [6.45, 7) is 3.98. The van der Waals surface area contributed by atoms with Gasteiger partial charge in [0.15, 0.2) is 5.78 Å². The zero-order valence-corrected chi connectivity index (χ0v) is 11.6. The SMILES string of the molecule is CC(=O)c1cccc(OCC(O)Cn2ccnc2C)c1. The summed E-state index contributed by atoms with van der Waals surface area (Å²) in [5.41, 5.74) is 0.599. The summed E-state index contributed by atoms with van der Waals surface area (Å²) in [7, 11) is 0. The van der Waals surface area contributed by atoms with E-state index in [-0.39, 0.29) is 12.4 Å². The van der Waals surface area contributed by atoms with Crippen molar-refractivity contribution in [2.24, 2.45) is 0 Å². The number of imidazole rings is 1. The Morgan fingerprint density at radius 3 is 2.95 bits per heavy atom. The Morgan fingerprint density at radius 2 is 2.30 bits per heavy atom. The average molecular weight is 274 g/mol. The van der Waals surface area contributed by atoms with E-state index >= 15 is 0 Å². The van der Waals surface area contributed by atoms with E-state index in [1.54, 1.807) is 30.5 Å². The van der Waals surface area contributed by atoms with Crippen LogP contribution in [0.4, 0.5) is 0 Å². The fourth-order valence-corrected chi connectivity index (χ4v) is 1.87. The number of carbonyl (C=O) groups is 1. The third kappa shape index (κ3) is 3.68. The van der Waals surface area contributed by atoms with Gasteiger partial charge in [-0.3, -0.25) is 4.79 Å². The molecule has 0 aliphatic rings. The molecule has 1 unspecified atom stereocenters. The lowest BCUT2D eigenvalue weighted by Crippen LogP contribution is -2.23. The third-order valence-corrected chi connectivity index (χ3v) is 3.01. The fraction of sp³-hybridized carbons (Fsp3) is 0.333. The van der Waals surface area contributed by atoms with Crippen molar-refractivity contribution in [2.75, 3.05) is 6.61 Å². The first kappa shape index (κ1) is 14.3. The summed E-state index contributed by atoms with van der Waals surface area (Å²) in [5.74, 6) is 1.42. The number of aromatic nitrogens is 2. The van der Waals surface area contributed by atoms with Crippen LogP contribution in [0.3, 0.4) is 0 Å². The molecule has 0 aliphatic heterocycles. The van der Waals surface area contributed by atoms with Crippen LogP contribution < -0.4 is 4.74 Å². The van der Waals surface area contributed by atoms with E-state index in [1.807, 2.05) is 17.7 Å². The maximum Gasteiger partial charge on any atom is 0.159 e. The van der Waals surface area contributed by atoms with Crippen molar-refractivity contribution >= 4 is 5.78 Å². The Morgan fingerprint density at radius 1 is 1.50 bits per heavy atom. The van der Waals surface area contributed by atoms with Crippen LogP contribution in [0.5, 0.6) is 5.75 Å². The monoisotopic (exact) mass is 274 g/mol. The molecular weight excluding hydrogens is 256 g/mol. The summed E-state index contributed by atoms with van der Waals surface area (Å²) < 4.78 is 7.37. The van der Waals surface area contributed by atoms with Crippen molar-refractivity contribution in [2.45, 2.75) is 26.5 Å². The highest BCUT2D eigenvalue weighted by molar-refractivity contribution is 5.94. The average Bonchev–Trinajstić information content (AvgIpc) is 2.82. The number of aryl methyl sites for hydroxylation is 1. The minimum Gasteiger partial charge on any atom is -0.491 e. The van der Waals surface area contributed by atoms with Gasteiger partial charge < -0.3 is 14.4 Å². The standard InChI is InChI=1S/C15H18N2O3/c1-11(18)13-4-3-5-15(8-13)20-10-14(19)9-17-7-6-16-12(17)2/h3-8,14,19H,9-10H2,1-2H3. The molecule has 5 nitrogen and oxygen atoms in total. The number of benzene rings is 1. The van der Waals surface area contributed by atoms with Crippen LogP contribution in [0.25, 0.3) is 0 Å². The number of hydrogen-bond acceptors (Lipinski definition) is 4. The van der Waals surface area contributed by atoms with Gasteiger partial charge in [-0.15, -0.1) is 0 Å². The largest absolute Gasteiger partial charge is 0.491 e. The van der Waals surface area contributed by atoms with Crippen molar-refractivity contribution in [3.63, 3.8) is 0 Å². The van der Waals surface area contributed by atoms with Crippen molar-refractivity contribution in [1.29, 1.82) is 0 Å². The third-order valence-electron chi connectivity index (χ3n) is 3.01. The van der Waals surface area contributed by atoms with Crippen LogP contribution in [0.2, 0.25) is 0 Å². The van der Waals surface area contributed by atoms with Gasteiger partial charge in [-0.1, -0.05) is 12.1 Å². The molecule has 1 N–H and O–H groups in total. The molecule has 1 atom stereocenters. The van der Waals surface area contributed by atoms with Gasteiger partial charge in [0, 0.05) is 18.0 Å². The highest BCUT2D eigenvalue weighted by Crippen LogP contribution is 2.14. The number of nitrogens with zero attached hydrogens (tertiary/aromatic N) is 2. The Bertz CT molecular complexity index is 592. The van der Waals surface area contributed by atoms with E-state index in [2.05, 4.69) is 4.98 Å². The number of Topliss-reactive ketones (excluding diaryl/α,β-unsaturated/α-hetero) is 1. The second-order valence-corrected chi connectivity index (χ2v) is 4.68. The van der Waals surface area contributed by atoms with Crippen molar-refractivity contribution in [1.82, 2.24) is 9.55 Å². The van der Waals surface area contributed by atoms with E-state index in [4.69, 9.17) is 4.74 Å². The molecule has 0 radical (unpaired) electrons. The molecule has 106 valence electrons. The Hall–Kier alpha value is -2.14. The lowest BCUT2D eigenvalue weighted by molar-refractivity contribution is 0.0918. The molecular formula is C15H18N2O3. The summed E-state index contributed by atoms with van der Waals surface area (Å²) >= 11 is 0. The number of aliphatic hydroxyl groups is 1. The van der Waals surface area contributed by atoms with Gasteiger partial charge in [0.25, 0.3) is 0 Å². The zero-order valence-electron chi connectivity index (χ0n) is 11.6. The topological polar surface area (TPSA) is 64.3 Å². The lowest BCUT2D eigenvalue weighted by atomic mass is 10.1. The number of rotatable bonds is 6. The molecule has 0 aliphatic carbocycles. The molecule has 1 aromatic heterocycles. The molecule has 1 heterocycles. The minimum absolute atomic E-state index is 0.00922. The lowest BCUT2D eigenvalue weighted by Gasteiger charge is -2.14. The molecule has 1 aromatic carbocycles. The number of ketones is 1. The summed E-state index contributed by atoms with van der Waals surface area (Å²) in [6.07, 6.45) is 2.87. The van der Waals surface area contributed by atoms with Crippen molar-refractivity contribution in [3.05, 3.63) is 48.0 Å². The Balaban J connectivity index is 1.90. The van der Waals surface area contributed by atoms with E-state index in [1.165, 1.54) is 6.92 Å². The molecule has 2 rings (SSSR count). The molecule has 5 heteroatoms. The molecule has 20 heavy (non-hydrogen) atoms. The van der Waals surface area contributed by atoms with Gasteiger partial charge in [-0.25, -0.2) is 4.98 Å². The smallest absolute Gasteiger partial charge is 0.159 e. The predicted molar refractivity (Wildman–Crippen MR) is 74.9 cm³/mol. The highest BCUT2D eigenvalue weighted by Gasteiger charge is 2.08. The predicted octanol–water partition coefficient (Wildman–Crippen LogP) is 1.83. The van der Waals surface area contributed by atoms with E-state index in [0.717, 1.165) is 5.82 Å². The van der Waals surface area contributed by atoms with Crippen LogP contribution >= 0.6 is 0 Å². The first-order valence-corrected chi connectivity index (χ1v) is 6.46. The summed E-state index contributed by atoms with van der Waals surface area (Å²) in [5, 5.41) is 9.94. The second kappa shape index (κ2) is 6.34. The van der Waals surface area contributed by atoms with Gasteiger partial charge in [-0.2, -0.15) is 0 Å². The first-order chi connectivity index (χ1) is 9.56. The van der Waals surface area contributed by atoms with Gasteiger partial charge in [0.1, 0.15) is 24.3 Å². The molecule has 0 saturated heterocycles. The van der Waals surface area contributed by atoms with E-state index < -0.39 is 6.10 Å². The summed E-state index contributed by atoms with van der Waals surface area (Å²) in [6, 6.07) is 6.94. The number of hydrogen-bond donors (Lipinski definition) is 1. The number of aliphatic hydroxyl groups excluding tert-OH is 1. The molecule has 0 bridgehead atoms. The maximum atomic E-state index is 11.3. The van der Waals surface area contributed by atoms with Crippen LogP contribution in [0.15, 0.2) is 36.7 Å². The second-order valence-electron chi connectivity index (χ2n) is 4.68. The number of carbonyl (C=O) groups excluding carboxylic acids is 1. The van der Waals surface area contributed by atoms with Crippen molar-refractivity contribution in [3.8, 4) is 5.75 Å². The van der Waals surface area contributed by atoms with Gasteiger partial charge >= 0.3 is 0 Å². The Labute approximate surface area is 117 Å². The zero-order chi connectivity index (χ0) is 14.5. The first-order valence-electron chi connectivity index (χ1n) is 6.46. The van der Waals surface area contributed by atoms with E-state index in [9.17, 15) is 9.90 Å². The minimum atomic E-state index is -0.635. The normalized spacial score (nSPS) is 12.2.